The lowest BCUT2D eigenvalue weighted by Crippen LogP contribution is -2.32. The van der Waals surface area contributed by atoms with Gasteiger partial charge in [0, 0.05) is 24.3 Å². The Kier molecular flexibility index (Phi) is 4.75. The molecule has 1 unspecified atom stereocenters. The molecule has 0 radical (unpaired) electrons. The highest BCUT2D eigenvalue weighted by molar-refractivity contribution is 5.96. The van der Waals surface area contributed by atoms with Crippen LogP contribution >= 0.6 is 0 Å². The van der Waals surface area contributed by atoms with E-state index in [9.17, 15) is 4.79 Å². The molecule has 1 aliphatic carbocycles. The van der Waals surface area contributed by atoms with E-state index in [1.54, 1.807) is 6.92 Å². The lowest BCUT2D eigenvalue weighted by molar-refractivity contribution is -0.0500. The van der Waals surface area contributed by atoms with E-state index in [-0.39, 0.29) is 17.8 Å². The first-order valence-corrected chi connectivity index (χ1v) is 10.1. The van der Waals surface area contributed by atoms with E-state index < -0.39 is 6.29 Å². The number of aryl methyl sites for hydroxylation is 1. The molecule has 1 aromatic carbocycles. The maximum Gasteiger partial charge on any atom is 0.345 e. The van der Waals surface area contributed by atoms with Crippen LogP contribution in [0.2, 0.25) is 0 Å². The van der Waals surface area contributed by atoms with Crippen LogP contribution in [0.25, 0.3) is 0 Å². The topological polar surface area (TPSA) is 44.8 Å². The highest BCUT2D eigenvalue weighted by Gasteiger charge is 2.41. The fraction of sp³-hybridized carbons (Fsp3) is 0.522. The van der Waals surface area contributed by atoms with Crippen LogP contribution in [0.15, 0.2) is 30.1 Å². The average Bonchev–Trinajstić information content (AvgIpc) is 2.60. The largest absolute Gasteiger partial charge is 0.462 e. The molecule has 4 nitrogen and oxygen atoms in total. The Bertz CT molecular complexity index is 820. The van der Waals surface area contributed by atoms with Gasteiger partial charge >= 0.3 is 5.97 Å². The Balaban J connectivity index is 1.88. The van der Waals surface area contributed by atoms with Crippen LogP contribution in [-0.4, -0.2) is 12.3 Å². The molecule has 2 aliphatic heterocycles. The number of esters is 1. The number of allylic oxidation sites excluding steroid dienone is 3. The van der Waals surface area contributed by atoms with Crippen LogP contribution in [0.4, 0.5) is 0 Å². The number of benzene rings is 1. The Morgan fingerprint density at radius 3 is 2.85 bits per heavy atom. The van der Waals surface area contributed by atoms with E-state index in [4.69, 9.17) is 14.2 Å². The van der Waals surface area contributed by atoms with Crippen molar-refractivity contribution in [1.29, 1.82) is 0 Å². The Morgan fingerprint density at radius 2 is 2.07 bits per heavy atom. The van der Waals surface area contributed by atoms with Gasteiger partial charge in [-0.3, -0.25) is 0 Å². The number of cyclic esters (lactones) is 1. The van der Waals surface area contributed by atoms with Gasteiger partial charge < -0.3 is 14.2 Å². The fourth-order valence-electron chi connectivity index (χ4n) is 4.54. The normalized spacial score (nSPS) is 26.0. The Morgan fingerprint density at radius 1 is 1.26 bits per heavy atom. The van der Waals surface area contributed by atoms with Crippen molar-refractivity contribution in [2.75, 3.05) is 0 Å². The number of rotatable bonds is 4. The molecule has 4 heteroatoms. The summed E-state index contributed by atoms with van der Waals surface area (Å²) in [5.74, 6) is 2.37. The number of fused-ring (bicyclic) bond motifs is 5. The lowest BCUT2D eigenvalue weighted by atomic mass is 9.73. The standard InChI is InChI=1S/C23H28O4/c1-5-6-7-8-16-12-19-21(22-20(16)23(24)27-15(4)26-22)18-11-13(2)9-10-17(18)14(3)25-19/h11-12,15,17-18H,3,5-10H2,1-2,4H3/t15?,17-,18+/m0/s1. The third-order valence-corrected chi connectivity index (χ3v) is 5.91. The van der Waals surface area contributed by atoms with Crippen molar-refractivity contribution in [2.45, 2.75) is 71.5 Å². The van der Waals surface area contributed by atoms with Crippen molar-refractivity contribution >= 4 is 5.97 Å². The quantitative estimate of drug-likeness (QED) is 0.391. The molecule has 3 aliphatic rings. The molecule has 3 atom stereocenters. The van der Waals surface area contributed by atoms with Crippen LogP contribution in [0.5, 0.6) is 11.5 Å². The fourth-order valence-corrected chi connectivity index (χ4v) is 4.54. The van der Waals surface area contributed by atoms with Gasteiger partial charge in [-0.15, -0.1) is 0 Å². The van der Waals surface area contributed by atoms with Crippen LogP contribution < -0.4 is 9.47 Å². The molecule has 1 aromatic rings. The van der Waals surface area contributed by atoms with Gasteiger partial charge in [0.1, 0.15) is 22.8 Å². The second kappa shape index (κ2) is 7.06. The van der Waals surface area contributed by atoms with Gasteiger partial charge in [-0.2, -0.15) is 0 Å². The molecule has 2 heterocycles. The van der Waals surface area contributed by atoms with E-state index in [1.165, 1.54) is 5.57 Å². The maximum absolute atomic E-state index is 12.7. The molecule has 0 fully saturated rings. The zero-order chi connectivity index (χ0) is 19.1. The summed E-state index contributed by atoms with van der Waals surface area (Å²) in [6.07, 6.45) is 7.87. The molecule has 0 amide bonds. The van der Waals surface area contributed by atoms with Crippen molar-refractivity contribution in [1.82, 2.24) is 0 Å². The summed E-state index contributed by atoms with van der Waals surface area (Å²) in [6.45, 7) is 10.3. The number of unbranched alkanes of at least 4 members (excludes halogenated alkanes) is 2. The minimum absolute atomic E-state index is 0.145. The molecule has 144 valence electrons. The molecular weight excluding hydrogens is 340 g/mol. The van der Waals surface area contributed by atoms with Gasteiger partial charge in [0.25, 0.3) is 0 Å². The summed E-state index contributed by atoms with van der Waals surface area (Å²) in [7, 11) is 0. The monoisotopic (exact) mass is 368 g/mol. The second-order valence-corrected chi connectivity index (χ2v) is 7.95. The van der Waals surface area contributed by atoms with Crippen LogP contribution in [0.3, 0.4) is 0 Å². The molecule has 0 saturated heterocycles. The van der Waals surface area contributed by atoms with Crippen LogP contribution in [-0.2, 0) is 11.2 Å². The number of hydrogen-bond donors (Lipinski definition) is 0. The molecule has 27 heavy (non-hydrogen) atoms. The lowest BCUT2D eigenvalue weighted by Gasteiger charge is -2.39. The molecule has 0 aromatic heterocycles. The van der Waals surface area contributed by atoms with E-state index in [2.05, 4.69) is 26.5 Å². The Labute approximate surface area is 161 Å². The van der Waals surface area contributed by atoms with Gasteiger partial charge in [-0.1, -0.05) is 38.0 Å². The predicted molar refractivity (Wildman–Crippen MR) is 104 cm³/mol. The molecule has 0 bridgehead atoms. The zero-order valence-corrected chi connectivity index (χ0v) is 16.5. The minimum Gasteiger partial charge on any atom is -0.462 e. The summed E-state index contributed by atoms with van der Waals surface area (Å²) in [5.41, 5.74) is 3.90. The van der Waals surface area contributed by atoms with Gasteiger partial charge in [-0.25, -0.2) is 4.79 Å². The molecule has 0 N–H and O–H groups in total. The first-order valence-electron chi connectivity index (χ1n) is 10.1. The first kappa shape index (κ1) is 18.1. The van der Waals surface area contributed by atoms with Gasteiger partial charge in [0.2, 0.25) is 6.29 Å². The van der Waals surface area contributed by atoms with Crippen LogP contribution in [0, 0.1) is 5.92 Å². The van der Waals surface area contributed by atoms with Gasteiger partial charge in [0.15, 0.2) is 0 Å². The minimum atomic E-state index is -0.586. The second-order valence-electron chi connectivity index (χ2n) is 7.95. The Hall–Kier alpha value is -2.23. The zero-order valence-electron chi connectivity index (χ0n) is 16.5. The highest BCUT2D eigenvalue weighted by Crippen LogP contribution is 2.53. The number of carbonyl (C=O) groups excluding carboxylic acids is 1. The third kappa shape index (κ3) is 3.15. The molecular formula is C23H28O4. The average molecular weight is 368 g/mol. The van der Waals surface area contributed by atoms with E-state index in [0.717, 1.165) is 61.2 Å². The van der Waals surface area contributed by atoms with Crippen molar-refractivity contribution in [3.05, 3.63) is 46.7 Å². The summed E-state index contributed by atoms with van der Waals surface area (Å²) < 4.78 is 17.6. The van der Waals surface area contributed by atoms with E-state index >= 15 is 0 Å². The smallest absolute Gasteiger partial charge is 0.345 e. The summed E-state index contributed by atoms with van der Waals surface area (Å²) >= 11 is 0. The summed E-state index contributed by atoms with van der Waals surface area (Å²) in [4.78, 5) is 12.7. The number of carbonyl (C=O) groups is 1. The van der Waals surface area contributed by atoms with Crippen molar-refractivity contribution in [3.63, 3.8) is 0 Å². The van der Waals surface area contributed by atoms with Crippen molar-refractivity contribution in [2.24, 2.45) is 5.92 Å². The van der Waals surface area contributed by atoms with Crippen molar-refractivity contribution in [3.8, 4) is 11.5 Å². The third-order valence-electron chi connectivity index (χ3n) is 5.91. The maximum atomic E-state index is 12.7. The predicted octanol–water partition coefficient (Wildman–Crippen LogP) is 5.66. The molecule has 4 rings (SSSR count). The number of hydrogen-bond acceptors (Lipinski definition) is 4. The summed E-state index contributed by atoms with van der Waals surface area (Å²) in [5, 5.41) is 0. The highest BCUT2D eigenvalue weighted by atomic mass is 16.7. The SMILES string of the molecule is C=C1Oc2cc(CCCCC)c3c(c2[C@@H]2C=C(C)CC[C@@H]12)OC(C)OC3=O. The first-order chi connectivity index (χ1) is 13.0. The summed E-state index contributed by atoms with van der Waals surface area (Å²) in [6, 6.07) is 2.02. The van der Waals surface area contributed by atoms with E-state index in [0.29, 0.717) is 11.3 Å². The molecule has 0 saturated carbocycles. The van der Waals surface area contributed by atoms with Gasteiger partial charge in [-0.05, 0) is 44.2 Å². The van der Waals surface area contributed by atoms with E-state index in [1.807, 2.05) is 6.07 Å². The molecule has 0 spiro atoms. The van der Waals surface area contributed by atoms with Crippen LogP contribution in [0.1, 0.15) is 80.3 Å². The number of ether oxygens (including phenoxy) is 3. The van der Waals surface area contributed by atoms with Crippen molar-refractivity contribution < 1.29 is 19.0 Å². The van der Waals surface area contributed by atoms with Gasteiger partial charge in [0.05, 0.1) is 0 Å².